The molecule has 2 amide bonds. The number of rotatable bonds is 2. The molecule has 126 valence electrons. The molecule has 0 bridgehead atoms. The second-order valence-electron chi connectivity index (χ2n) is 5.41. The van der Waals surface area contributed by atoms with Gasteiger partial charge < -0.3 is 15.1 Å². The van der Waals surface area contributed by atoms with Gasteiger partial charge in [0.05, 0.1) is 5.69 Å². The van der Waals surface area contributed by atoms with Gasteiger partial charge in [-0.15, -0.1) is 0 Å². The van der Waals surface area contributed by atoms with Crippen molar-refractivity contribution in [2.45, 2.75) is 0 Å². The Kier molecular flexibility index (Phi) is 5.33. The highest BCUT2D eigenvalue weighted by atomic mass is 35.5. The minimum atomic E-state index is -0.129. The first-order valence-electron chi connectivity index (χ1n) is 7.46. The minimum absolute atomic E-state index is 0.129. The van der Waals surface area contributed by atoms with Crippen molar-refractivity contribution >= 4 is 52.2 Å². The molecule has 5 nitrogen and oxygen atoms in total. The fraction of sp³-hybridized carbons (Fsp3) is 0.250. The quantitative estimate of drug-likeness (QED) is 0.853. The number of piperazine rings is 1. The molecule has 0 atom stereocenters. The number of nitrogens with one attached hydrogen (secondary N) is 2. The van der Waals surface area contributed by atoms with Crippen LogP contribution >= 0.6 is 34.8 Å². The highest BCUT2D eigenvalue weighted by Gasteiger charge is 2.25. The summed E-state index contributed by atoms with van der Waals surface area (Å²) in [5, 5.41) is 4.65. The van der Waals surface area contributed by atoms with Crippen LogP contribution in [0, 0.1) is 0 Å². The third-order valence-corrected chi connectivity index (χ3v) is 4.68. The van der Waals surface area contributed by atoms with E-state index in [0.717, 1.165) is 11.4 Å². The molecule has 0 radical (unpaired) electrons. The maximum atomic E-state index is 12.3. The number of carbonyl (C=O) groups excluding carboxylic acids is 1. The summed E-state index contributed by atoms with van der Waals surface area (Å²) in [4.78, 5) is 19.1. The summed E-state index contributed by atoms with van der Waals surface area (Å²) in [5.41, 5.74) is 1.52. The number of H-pyrrole nitrogens is 1. The predicted molar refractivity (Wildman–Crippen MR) is 97.3 cm³/mol. The second kappa shape index (κ2) is 7.47. The predicted octanol–water partition coefficient (Wildman–Crippen LogP) is 3.82. The van der Waals surface area contributed by atoms with E-state index in [2.05, 4.69) is 15.2 Å². The molecule has 1 fully saturated rings. The fourth-order valence-electron chi connectivity index (χ4n) is 2.61. The number of aromatic nitrogens is 1. The molecule has 0 spiro atoms. The van der Waals surface area contributed by atoms with Gasteiger partial charge in [-0.3, -0.25) is 0 Å². The molecule has 24 heavy (non-hydrogen) atoms. The van der Waals surface area contributed by atoms with Crippen LogP contribution in [0.15, 0.2) is 36.7 Å². The van der Waals surface area contributed by atoms with E-state index in [4.69, 9.17) is 34.8 Å². The summed E-state index contributed by atoms with van der Waals surface area (Å²) < 4.78 is 0. The zero-order valence-electron chi connectivity index (χ0n) is 12.7. The van der Waals surface area contributed by atoms with Crippen LogP contribution < -0.4 is 15.2 Å². The van der Waals surface area contributed by atoms with Gasteiger partial charge in [-0.2, -0.15) is 0 Å². The monoisotopic (exact) mass is 385 g/mol. The largest absolute Gasteiger partial charge is 0.365 e. The first-order chi connectivity index (χ1) is 11.5. The molecule has 1 saturated heterocycles. The molecule has 1 aliphatic rings. The molecule has 0 saturated carbocycles. The van der Waals surface area contributed by atoms with Crippen LogP contribution in [-0.2, 0) is 0 Å². The van der Waals surface area contributed by atoms with Crippen molar-refractivity contribution in [2.75, 3.05) is 36.4 Å². The molecule has 1 aliphatic heterocycles. The summed E-state index contributed by atoms with van der Waals surface area (Å²) in [5.74, 6) is 0. The van der Waals surface area contributed by atoms with E-state index in [1.54, 1.807) is 41.6 Å². The number of aromatic amines is 1. The molecule has 8 heteroatoms. The van der Waals surface area contributed by atoms with E-state index < -0.39 is 0 Å². The summed E-state index contributed by atoms with van der Waals surface area (Å²) in [6.07, 6.45) is 3.39. The molecule has 3 rings (SSSR count). The lowest BCUT2D eigenvalue weighted by Crippen LogP contribution is -2.50. The second-order valence-corrected chi connectivity index (χ2v) is 6.66. The van der Waals surface area contributed by atoms with Crippen molar-refractivity contribution in [3.8, 4) is 0 Å². The lowest BCUT2D eigenvalue weighted by Gasteiger charge is -2.36. The zero-order chi connectivity index (χ0) is 17.1. The number of nitrogens with zero attached hydrogens (tertiary/aromatic N) is 2. The molecule has 2 heterocycles. The van der Waals surface area contributed by atoms with Gasteiger partial charge in [-0.05, 0) is 24.3 Å². The van der Waals surface area contributed by atoms with Gasteiger partial charge in [0.15, 0.2) is 12.4 Å². The van der Waals surface area contributed by atoms with Crippen LogP contribution in [0.1, 0.15) is 0 Å². The van der Waals surface area contributed by atoms with E-state index in [9.17, 15) is 4.79 Å². The van der Waals surface area contributed by atoms with Crippen molar-refractivity contribution in [1.82, 2.24) is 4.90 Å². The molecule has 1 aromatic carbocycles. The van der Waals surface area contributed by atoms with Gasteiger partial charge in [0.2, 0.25) is 0 Å². The number of pyridine rings is 1. The average molecular weight is 387 g/mol. The van der Waals surface area contributed by atoms with Gasteiger partial charge in [0, 0.05) is 36.9 Å². The van der Waals surface area contributed by atoms with Crippen LogP contribution in [-0.4, -0.2) is 37.1 Å². The van der Waals surface area contributed by atoms with Crippen LogP contribution in [0.4, 0.5) is 16.2 Å². The summed E-state index contributed by atoms with van der Waals surface area (Å²) in [6.45, 7) is 2.50. The number of amides is 2. The number of hydrogen-bond donors (Lipinski definition) is 1. The lowest BCUT2D eigenvalue weighted by atomic mass is 10.2. The summed E-state index contributed by atoms with van der Waals surface area (Å²) >= 11 is 18.3. The maximum absolute atomic E-state index is 12.3. The zero-order valence-corrected chi connectivity index (χ0v) is 15.0. The van der Waals surface area contributed by atoms with Crippen LogP contribution in [0.25, 0.3) is 0 Å². The fourth-order valence-corrected chi connectivity index (χ4v) is 3.35. The van der Waals surface area contributed by atoms with Crippen LogP contribution in [0.5, 0.6) is 0 Å². The van der Waals surface area contributed by atoms with Crippen molar-refractivity contribution in [3.05, 3.63) is 51.7 Å². The number of carbonyl (C=O) groups is 1. The highest BCUT2D eigenvalue weighted by Crippen LogP contribution is 2.32. The molecule has 2 N–H and O–H groups in total. The Labute approximate surface area is 155 Å². The van der Waals surface area contributed by atoms with E-state index >= 15 is 0 Å². The molecule has 2 aromatic rings. The molecule has 1 aromatic heterocycles. The van der Waals surface area contributed by atoms with Gasteiger partial charge in [-0.1, -0.05) is 34.8 Å². The Balaban J connectivity index is 1.60. The van der Waals surface area contributed by atoms with Crippen LogP contribution in [0.2, 0.25) is 15.1 Å². The summed E-state index contributed by atoms with van der Waals surface area (Å²) in [6, 6.07) is 6.90. The Morgan fingerprint density at radius 1 is 0.958 bits per heavy atom. The number of halogens is 3. The maximum Gasteiger partial charge on any atom is 0.321 e. The van der Waals surface area contributed by atoms with Crippen molar-refractivity contribution in [2.24, 2.45) is 0 Å². The van der Waals surface area contributed by atoms with E-state index in [-0.39, 0.29) is 6.03 Å². The molecular formula is C16H16Cl3N4O+. The Bertz CT molecular complexity index is 710. The third-order valence-electron chi connectivity index (χ3n) is 3.85. The van der Waals surface area contributed by atoms with Gasteiger partial charge in [0.25, 0.3) is 0 Å². The Hall–Kier alpha value is -1.69. The number of urea groups is 1. The third kappa shape index (κ3) is 3.86. The number of anilines is 2. The topological polar surface area (TPSA) is 49.7 Å². The first kappa shape index (κ1) is 17.1. The van der Waals surface area contributed by atoms with Crippen molar-refractivity contribution in [1.29, 1.82) is 0 Å². The summed E-state index contributed by atoms with van der Waals surface area (Å²) in [7, 11) is 0. The molecule has 0 unspecified atom stereocenters. The smallest absolute Gasteiger partial charge is 0.321 e. The number of hydrogen-bond acceptors (Lipinski definition) is 2. The van der Waals surface area contributed by atoms with Crippen molar-refractivity contribution < 1.29 is 9.78 Å². The molecule has 0 aliphatic carbocycles. The van der Waals surface area contributed by atoms with Gasteiger partial charge in [-0.25, -0.2) is 9.78 Å². The van der Waals surface area contributed by atoms with E-state index in [1.165, 1.54) is 0 Å². The first-order valence-corrected chi connectivity index (χ1v) is 8.59. The normalized spacial score (nSPS) is 14.6. The van der Waals surface area contributed by atoms with Crippen molar-refractivity contribution in [3.63, 3.8) is 0 Å². The van der Waals surface area contributed by atoms with Gasteiger partial charge >= 0.3 is 6.03 Å². The molecular weight excluding hydrogens is 371 g/mol. The van der Waals surface area contributed by atoms with E-state index in [0.29, 0.717) is 41.2 Å². The average Bonchev–Trinajstić information content (AvgIpc) is 2.57. The van der Waals surface area contributed by atoms with Crippen LogP contribution in [0.3, 0.4) is 0 Å². The Morgan fingerprint density at radius 3 is 2.12 bits per heavy atom. The minimum Gasteiger partial charge on any atom is -0.365 e. The highest BCUT2D eigenvalue weighted by molar-refractivity contribution is 6.38. The number of benzene rings is 1. The van der Waals surface area contributed by atoms with E-state index in [1.807, 2.05) is 0 Å². The lowest BCUT2D eigenvalue weighted by molar-refractivity contribution is -0.377. The SMILES string of the molecule is O=C(Nc1ccc(Cl)cc1)N1CCN(c2c(Cl)c[nH+]cc2Cl)CC1. The standard InChI is InChI=1S/C16H15Cl3N4O/c17-11-1-3-12(4-2-11)21-16(24)23-7-5-22(6-8-23)15-13(18)9-20-10-14(15)19/h1-4,9-10H,5-8H2,(H,21,24)/p+1. The van der Waals surface area contributed by atoms with Gasteiger partial charge in [0.1, 0.15) is 10.0 Å². The Morgan fingerprint density at radius 2 is 1.54 bits per heavy atom.